The third kappa shape index (κ3) is 8.11. The Balaban J connectivity index is 0.000000325. The molecule has 0 unspecified atom stereocenters. The first-order chi connectivity index (χ1) is 8.11. The van der Waals surface area contributed by atoms with Gasteiger partial charge in [-0.25, -0.2) is 0 Å². The molecule has 1 aromatic carbocycles. The number of allylic oxidation sites excluding steroid dienone is 1. The smallest absolute Gasteiger partial charge is 0.115 e. The average Bonchev–Trinajstić information content (AvgIpc) is 2.31. The number of rotatable bonds is 5. The Labute approximate surface area is 103 Å². The van der Waals surface area contributed by atoms with Crippen molar-refractivity contribution in [2.24, 2.45) is 0 Å². The van der Waals surface area contributed by atoms with Crippen LogP contribution in [0, 0.1) is 0 Å². The zero-order chi connectivity index (χ0) is 13.1. The van der Waals surface area contributed by atoms with Crippen LogP contribution in [0.1, 0.15) is 12.5 Å². The number of benzene rings is 1. The van der Waals surface area contributed by atoms with Crippen molar-refractivity contribution in [1.29, 1.82) is 0 Å². The fourth-order valence-electron chi connectivity index (χ4n) is 0.961. The first kappa shape index (κ1) is 15.3. The van der Waals surface area contributed by atoms with Crippen LogP contribution in [0.2, 0.25) is 0 Å². The van der Waals surface area contributed by atoms with Crippen molar-refractivity contribution in [2.75, 3.05) is 20.3 Å². The summed E-state index contributed by atoms with van der Waals surface area (Å²) in [6.45, 7) is 10.3. The molecular weight excluding hydrogens is 216 g/mol. The number of methoxy groups -OCH3 is 1. The lowest BCUT2D eigenvalue weighted by Crippen LogP contribution is -1.95. The Kier molecular flexibility index (Phi) is 8.51. The normalized spacial score (nSPS) is 8.82. The molecule has 0 atom stereocenters. The molecule has 0 bridgehead atoms. The minimum atomic E-state index is 0.296. The number of ether oxygens (including phenoxy) is 2. The number of phenols is 1. The van der Waals surface area contributed by atoms with E-state index in [0.29, 0.717) is 19.0 Å². The van der Waals surface area contributed by atoms with Gasteiger partial charge in [0.1, 0.15) is 12.4 Å². The van der Waals surface area contributed by atoms with Gasteiger partial charge in [-0.1, -0.05) is 30.9 Å². The second-order valence-corrected chi connectivity index (χ2v) is 3.36. The van der Waals surface area contributed by atoms with Crippen LogP contribution in [-0.4, -0.2) is 25.4 Å². The number of phenolic OH excluding ortho intramolecular Hbond substituents is 1. The van der Waals surface area contributed by atoms with Gasteiger partial charge in [0.15, 0.2) is 0 Å². The van der Waals surface area contributed by atoms with Crippen molar-refractivity contribution in [3.63, 3.8) is 0 Å². The molecule has 1 aromatic rings. The lowest BCUT2D eigenvalue weighted by Gasteiger charge is -1.97. The molecule has 3 heteroatoms. The Morgan fingerprint density at radius 2 is 1.88 bits per heavy atom. The molecule has 1 N–H and O–H groups in total. The van der Waals surface area contributed by atoms with Crippen LogP contribution in [0.25, 0.3) is 5.57 Å². The molecule has 0 heterocycles. The summed E-state index contributed by atoms with van der Waals surface area (Å²) in [6.07, 6.45) is 1.40. The van der Waals surface area contributed by atoms with Gasteiger partial charge in [-0.2, -0.15) is 0 Å². The zero-order valence-corrected chi connectivity index (χ0v) is 10.5. The van der Waals surface area contributed by atoms with E-state index in [1.807, 2.05) is 19.1 Å². The molecule has 0 aromatic heterocycles. The van der Waals surface area contributed by atoms with E-state index in [0.717, 1.165) is 11.1 Å². The van der Waals surface area contributed by atoms with Crippen LogP contribution >= 0.6 is 0 Å². The lowest BCUT2D eigenvalue weighted by atomic mass is 10.1. The molecule has 1 rings (SSSR count). The molecule has 0 aliphatic rings. The van der Waals surface area contributed by atoms with Gasteiger partial charge in [-0.15, -0.1) is 0 Å². The molecule has 94 valence electrons. The van der Waals surface area contributed by atoms with Crippen molar-refractivity contribution in [2.45, 2.75) is 6.92 Å². The summed E-state index contributed by atoms with van der Waals surface area (Å²) in [7, 11) is 1.63. The van der Waals surface area contributed by atoms with E-state index in [4.69, 9.17) is 9.84 Å². The van der Waals surface area contributed by atoms with Gasteiger partial charge < -0.3 is 14.6 Å². The van der Waals surface area contributed by atoms with E-state index < -0.39 is 0 Å². The molecular formula is C14H20O3. The topological polar surface area (TPSA) is 38.7 Å². The van der Waals surface area contributed by atoms with E-state index in [9.17, 15) is 0 Å². The van der Waals surface area contributed by atoms with Gasteiger partial charge in [-0.05, 0) is 24.6 Å². The van der Waals surface area contributed by atoms with Crippen LogP contribution < -0.4 is 0 Å². The first-order valence-electron chi connectivity index (χ1n) is 5.28. The zero-order valence-electron chi connectivity index (χ0n) is 10.5. The van der Waals surface area contributed by atoms with E-state index >= 15 is 0 Å². The Morgan fingerprint density at radius 1 is 1.29 bits per heavy atom. The molecule has 0 amide bonds. The summed E-state index contributed by atoms with van der Waals surface area (Å²) in [5, 5.41) is 8.91. The Bertz CT molecular complexity index is 328. The van der Waals surface area contributed by atoms with Crippen molar-refractivity contribution in [3.8, 4) is 5.75 Å². The fourth-order valence-corrected chi connectivity index (χ4v) is 0.961. The summed E-state index contributed by atoms with van der Waals surface area (Å²) < 4.78 is 9.38. The standard InChI is InChI=1S/C9H10O.C5H10O2/c1-7(2)8-3-5-9(10)6-4-8;1-3-7-5-4-6-2/h3-6,10H,1H2,2H3;3H,1,4-5H2,2H3. The highest BCUT2D eigenvalue weighted by molar-refractivity contribution is 5.61. The molecule has 3 nitrogen and oxygen atoms in total. The quantitative estimate of drug-likeness (QED) is 0.630. The summed E-state index contributed by atoms with van der Waals surface area (Å²) >= 11 is 0. The predicted octanol–water partition coefficient (Wildman–Crippen LogP) is 3.22. The van der Waals surface area contributed by atoms with E-state index in [2.05, 4.69) is 17.9 Å². The molecule has 0 spiro atoms. The summed E-state index contributed by atoms with van der Waals surface area (Å²) in [5.41, 5.74) is 2.08. The first-order valence-corrected chi connectivity index (χ1v) is 5.28. The van der Waals surface area contributed by atoms with Crippen LogP contribution in [0.3, 0.4) is 0 Å². The summed E-state index contributed by atoms with van der Waals surface area (Å²) in [4.78, 5) is 0. The van der Waals surface area contributed by atoms with Crippen LogP contribution in [-0.2, 0) is 9.47 Å². The molecule has 0 saturated carbocycles. The van der Waals surface area contributed by atoms with Gasteiger partial charge >= 0.3 is 0 Å². The molecule has 0 fully saturated rings. The number of aromatic hydroxyl groups is 1. The number of hydrogen-bond acceptors (Lipinski definition) is 3. The van der Waals surface area contributed by atoms with Gasteiger partial charge in [0.2, 0.25) is 0 Å². The van der Waals surface area contributed by atoms with Crippen LogP contribution in [0.4, 0.5) is 0 Å². The van der Waals surface area contributed by atoms with E-state index in [1.165, 1.54) is 6.26 Å². The van der Waals surface area contributed by atoms with Gasteiger partial charge in [0.25, 0.3) is 0 Å². The lowest BCUT2D eigenvalue weighted by molar-refractivity contribution is 0.124. The highest BCUT2D eigenvalue weighted by atomic mass is 16.5. The third-order valence-corrected chi connectivity index (χ3v) is 1.88. The van der Waals surface area contributed by atoms with E-state index in [1.54, 1.807) is 19.2 Å². The molecule has 0 radical (unpaired) electrons. The molecule has 0 saturated heterocycles. The summed E-state index contributed by atoms with van der Waals surface area (Å²) in [5.74, 6) is 0.296. The molecule has 0 aliphatic carbocycles. The summed E-state index contributed by atoms with van der Waals surface area (Å²) in [6, 6.07) is 7.00. The monoisotopic (exact) mass is 236 g/mol. The largest absolute Gasteiger partial charge is 0.508 e. The van der Waals surface area contributed by atoms with Crippen molar-refractivity contribution in [3.05, 3.63) is 49.2 Å². The second kappa shape index (κ2) is 9.48. The maximum atomic E-state index is 8.91. The Morgan fingerprint density at radius 3 is 2.29 bits per heavy atom. The highest BCUT2D eigenvalue weighted by Gasteiger charge is 1.90. The van der Waals surface area contributed by atoms with Gasteiger partial charge in [0.05, 0.1) is 12.9 Å². The van der Waals surface area contributed by atoms with Crippen molar-refractivity contribution >= 4 is 5.57 Å². The highest BCUT2D eigenvalue weighted by Crippen LogP contribution is 2.14. The minimum absolute atomic E-state index is 0.296. The minimum Gasteiger partial charge on any atom is -0.508 e. The number of hydrogen-bond donors (Lipinski definition) is 1. The van der Waals surface area contributed by atoms with Gasteiger partial charge in [0, 0.05) is 7.11 Å². The molecule has 17 heavy (non-hydrogen) atoms. The van der Waals surface area contributed by atoms with Crippen LogP contribution in [0.5, 0.6) is 5.75 Å². The van der Waals surface area contributed by atoms with E-state index in [-0.39, 0.29) is 0 Å². The maximum absolute atomic E-state index is 8.91. The van der Waals surface area contributed by atoms with Gasteiger partial charge in [-0.3, -0.25) is 0 Å². The average molecular weight is 236 g/mol. The second-order valence-electron chi connectivity index (χ2n) is 3.36. The van der Waals surface area contributed by atoms with Crippen LogP contribution in [0.15, 0.2) is 43.7 Å². The fraction of sp³-hybridized carbons (Fsp3) is 0.286. The Hall–Kier alpha value is -1.74. The predicted molar refractivity (Wildman–Crippen MR) is 70.8 cm³/mol. The maximum Gasteiger partial charge on any atom is 0.115 e. The van der Waals surface area contributed by atoms with Crippen molar-refractivity contribution < 1.29 is 14.6 Å². The van der Waals surface area contributed by atoms with Crippen molar-refractivity contribution in [1.82, 2.24) is 0 Å². The molecule has 0 aliphatic heterocycles. The SMILES string of the molecule is C=C(C)c1ccc(O)cc1.C=COCCOC. The third-order valence-electron chi connectivity index (χ3n) is 1.88.